The predicted octanol–water partition coefficient (Wildman–Crippen LogP) is 3.47. The molecule has 1 amide bonds. The highest BCUT2D eigenvalue weighted by Gasteiger charge is 2.44. The molecule has 1 atom stereocenters. The number of pyridine rings is 1. The second-order valence-corrected chi connectivity index (χ2v) is 8.50. The Bertz CT molecular complexity index is 951. The molecule has 0 saturated heterocycles. The second-order valence-electron chi connectivity index (χ2n) is 7.30. The summed E-state index contributed by atoms with van der Waals surface area (Å²) in [5.74, 6) is -1.30. The van der Waals surface area contributed by atoms with E-state index in [1.807, 2.05) is 6.92 Å². The lowest BCUT2D eigenvalue weighted by molar-refractivity contribution is -0.129. The molecule has 0 radical (unpaired) electrons. The van der Waals surface area contributed by atoms with Crippen LogP contribution < -0.4 is 0 Å². The van der Waals surface area contributed by atoms with Gasteiger partial charge in [0.05, 0.1) is 27.2 Å². The molecule has 0 aliphatic carbocycles. The Morgan fingerprint density at radius 1 is 1.23 bits per heavy atom. The molecule has 30 heavy (non-hydrogen) atoms. The molecule has 2 aromatic rings. The van der Waals surface area contributed by atoms with E-state index >= 15 is 0 Å². The average Bonchev–Trinajstić information content (AvgIpc) is 3.21. The number of aliphatic hydroxyl groups excluding tert-OH is 1. The normalized spacial score (nSPS) is 16.8. The Morgan fingerprint density at radius 2 is 1.90 bits per heavy atom. The molecule has 0 aromatic carbocycles. The second kappa shape index (κ2) is 9.49. The van der Waals surface area contributed by atoms with Gasteiger partial charge < -0.3 is 14.9 Å². The minimum Gasteiger partial charge on any atom is -0.503 e. The number of aliphatic hydroxyl groups is 1. The number of nitrogens with zero attached hydrogens (tertiary/aromatic N) is 4. The first-order valence-corrected chi connectivity index (χ1v) is 11.1. The maximum atomic E-state index is 13.4. The molecule has 7 nitrogen and oxygen atoms in total. The first kappa shape index (κ1) is 22.1. The minimum absolute atomic E-state index is 0.126. The van der Waals surface area contributed by atoms with Gasteiger partial charge in [0.25, 0.3) is 5.91 Å². The monoisotopic (exact) mass is 428 g/mol. The summed E-state index contributed by atoms with van der Waals surface area (Å²) in [6, 6.07) is 2.93. The molecule has 3 heterocycles. The van der Waals surface area contributed by atoms with E-state index in [1.165, 1.54) is 11.3 Å². The summed E-state index contributed by atoms with van der Waals surface area (Å²) in [7, 11) is 0. The van der Waals surface area contributed by atoms with E-state index in [9.17, 15) is 14.7 Å². The van der Waals surface area contributed by atoms with Crippen LogP contribution in [0.1, 0.15) is 52.2 Å². The van der Waals surface area contributed by atoms with Crippen LogP contribution in [0.25, 0.3) is 0 Å². The first-order chi connectivity index (χ1) is 14.4. The van der Waals surface area contributed by atoms with Gasteiger partial charge in [-0.2, -0.15) is 0 Å². The third-order valence-electron chi connectivity index (χ3n) is 5.45. The highest BCUT2D eigenvalue weighted by molar-refractivity contribution is 7.14. The molecule has 160 valence electrons. The number of rotatable bonds is 9. The van der Waals surface area contributed by atoms with Crippen molar-refractivity contribution in [3.8, 4) is 0 Å². The molecule has 0 saturated carbocycles. The molecule has 0 bridgehead atoms. The molecule has 1 aliphatic rings. The van der Waals surface area contributed by atoms with E-state index < -0.39 is 17.7 Å². The summed E-state index contributed by atoms with van der Waals surface area (Å²) in [5, 5.41) is 11.5. The van der Waals surface area contributed by atoms with Gasteiger partial charge in [-0.25, -0.2) is 4.98 Å². The summed E-state index contributed by atoms with van der Waals surface area (Å²) in [4.78, 5) is 39.1. The van der Waals surface area contributed by atoms with Crippen LogP contribution in [0, 0.1) is 13.8 Å². The van der Waals surface area contributed by atoms with Crippen molar-refractivity contribution in [1.82, 2.24) is 19.8 Å². The highest BCUT2D eigenvalue weighted by atomic mass is 32.1. The van der Waals surface area contributed by atoms with Crippen LogP contribution in [-0.2, 0) is 4.79 Å². The summed E-state index contributed by atoms with van der Waals surface area (Å²) in [6.07, 6.45) is 4.02. The molecule has 1 aliphatic heterocycles. The number of Topliss-reactive ketones (excluding diaryl/α,β-unsaturated/α-hetero) is 1. The summed E-state index contributed by atoms with van der Waals surface area (Å²) in [5.41, 5.74) is 1.50. The van der Waals surface area contributed by atoms with Crippen LogP contribution in [0.15, 0.2) is 35.9 Å². The van der Waals surface area contributed by atoms with Gasteiger partial charge in [0.15, 0.2) is 5.76 Å². The van der Waals surface area contributed by atoms with Gasteiger partial charge in [-0.05, 0) is 57.6 Å². The zero-order valence-corrected chi connectivity index (χ0v) is 18.7. The topological polar surface area (TPSA) is 86.6 Å². The molecule has 3 rings (SSSR count). The Hall–Kier alpha value is -2.58. The smallest absolute Gasteiger partial charge is 0.290 e. The van der Waals surface area contributed by atoms with Gasteiger partial charge in [0.2, 0.25) is 5.78 Å². The zero-order chi connectivity index (χ0) is 21.8. The maximum Gasteiger partial charge on any atom is 0.290 e. The number of hydrogen-bond donors (Lipinski definition) is 1. The van der Waals surface area contributed by atoms with Gasteiger partial charge in [-0.3, -0.25) is 14.6 Å². The van der Waals surface area contributed by atoms with Crippen LogP contribution in [0.3, 0.4) is 0 Å². The van der Waals surface area contributed by atoms with E-state index in [4.69, 9.17) is 0 Å². The molecule has 0 spiro atoms. The van der Waals surface area contributed by atoms with Crippen LogP contribution >= 0.6 is 11.3 Å². The fourth-order valence-electron chi connectivity index (χ4n) is 3.88. The van der Waals surface area contributed by atoms with Crippen LogP contribution in [-0.4, -0.2) is 62.7 Å². The van der Waals surface area contributed by atoms with Crippen molar-refractivity contribution in [2.24, 2.45) is 0 Å². The van der Waals surface area contributed by atoms with Gasteiger partial charge in [0, 0.05) is 18.9 Å². The number of carbonyl (C=O) groups is 2. The molecule has 0 unspecified atom stereocenters. The minimum atomic E-state index is -0.633. The first-order valence-electron chi connectivity index (χ1n) is 10.2. The van der Waals surface area contributed by atoms with Crippen molar-refractivity contribution in [2.45, 2.75) is 40.2 Å². The lowest BCUT2D eigenvalue weighted by Crippen LogP contribution is -2.34. The lowest BCUT2D eigenvalue weighted by Gasteiger charge is -2.28. The van der Waals surface area contributed by atoms with Crippen molar-refractivity contribution in [2.75, 3.05) is 26.2 Å². The Labute approximate surface area is 181 Å². The standard InChI is InChI=1S/C22H28N4O3S/c1-5-25(6-2)12-7-13-26-18(16-8-10-23-11-9-16)17(20(28)22(26)29)19(27)21-14(3)24-15(4)30-21/h8-11,18,28H,5-7,12-13H2,1-4H3/t18-/m1/s1. The van der Waals surface area contributed by atoms with Crippen molar-refractivity contribution in [3.05, 3.63) is 57.0 Å². The maximum absolute atomic E-state index is 13.4. The van der Waals surface area contributed by atoms with E-state index in [-0.39, 0.29) is 11.4 Å². The number of aromatic nitrogens is 2. The Morgan fingerprint density at radius 3 is 2.47 bits per heavy atom. The molecule has 2 aromatic heterocycles. The van der Waals surface area contributed by atoms with Crippen LogP contribution in [0.4, 0.5) is 0 Å². The van der Waals surface area contributed by atoms with Crippen molar-refractivity contribution in [1.29, 1.82) is 0 Å². The molecule has 8 heteroatoms. The third kappa shape index (κ3) is 4.29. The van der Waals surface area contributed by atoms with E-state index in [2.05, 4.69) is 28.7 Å². The summed E-state index contributed by atoms with van der Waals surface area (Å²) < 4.78 is 0. The quantitative estimate of drug-likeness (QED) is 0.616. The zero-order valence-electron chi connectivity index (χ0n) is 17.9. The largest absolute Gasteiger partial charge is 0.503 e. The third-order valence-corrected chi connectivity index (χ3v) is 6.52. The summed E-state index contributed by atoms with van der Waals surface area (Å²) in [6.45, 7) is 11.0. The van der Waals surface area contributed by atoms with E-state index in [0.29, 0.717) is 17.1 Å². The van der Waals surface area contributed by atoms with Gasteiger partial charge in [0.1, 0.15) is 0 Å². The number of amides is 1. The number of hydrogen-bond acceptors (Lipinski definition) is 7. The number of carbonyl (C=O) groups excluding carboxylic acids is 2. The van der Waals surface area contributed by atoms with Crippen molar-refractivity contribution in [3.63, 3.8) is 0 Å². The van der Waals surface area contributed by atoms with Crippen molar-refractivity contribution >= 4 is 23.0 Å². The van der Waals surface area contributed by atoms with Crippen molar-refractivity contribution < 1.29 is 14.7 Å². The molecule has 1 N–H and O–H groups in total. The SMILES string of the molecule is CCN(CC)CCCN1C(=O)C(O)=C(C(=O)c2sc(C)nc2C)[C@H]1c1ccncc1. The average molecular weight is 429 g/mol. The van der Waals surface area contributed by atoms with Crippen LogP contribution in [0.5, 0.6) is 0 Å². The molecular weight excluding hydrogens is 400 g/mol. The fraction of sp³-hybridized carbons (Fsp3) is 0.455. The fourth-order valence-corrected chi connectivity index (χ4v) is 4.75. The van der Waals surface area contributed by atoms with Gasteiger partial charge in [-0.15, -0.1) is 11.3 Å². The highest BCUT2D eigenvalue weighted by Crippen LogP contribution is 2.39. The van der Waals surface area contributed by atoms with Gasteiger partial charge in [-0.1, -0.05) is 13.8 Å². The lowest BCUT2D eigenvalue weighted by atomic mass is 9.95. The number of aryl methyl sites for hydroxylation is 2. The van der Waals surface area contributed by atoms with E-state index in [0.717, 1.165) is 36.6 Å². The van der Waals surface area contributed by atoms with Gasteiger partial charge >= 0.3 is 0 Å². The number of ketones is 1. The Kier molecular flexibility index (Phi) is 6.99. The number of thiazole rings is 1. The Balaban J connectivity index is 1.95. The van der Waals surface area contributed by atoms with E-state index in [1.54, 1.807) is 36.4 Å². The van der Waals surface area contributed by atoms with Crippen LogP contribution in [0.2, 0.25) is 0 Å². The predicted molar refractivity (Wildman–Crippen MR) is 117 cm³/mol. The molecular formula is C22H28N4O3S. The molecule has 0 fully saturated rings. The summed E-state index contributed by atoms with van der Waals surface area (Å²) >= 11 is 1.28.